The summed E-state index contributed by atoms with van der Waals surface area (Å²) in [5.74, 6) is 2.68. The van der Waals surface area contributed by atoms with E-state index in [0.717, 1.165) is 11.3 Å². The highest BCUT2D eigenvalue weighted by molar-refractivity contribution is 5.95. The highest BCUT2D eigenvalue weighted by Crippen LogP contribution is 2.32. The highest BCUT2D eigenvalue weighted by Gasteiger charge is 2.24. The van der Waals surface area contributed by atoms with Crippen LogP contribution in [0.2, 0.25) is 0 Å². The van der Waals surface area contributed by atoms with Crippen molar-refractivity contribution >= 4 is 17.8 Å². The van der Waals surface area contributed by atoms with Gasteiger partial charge in [0.1, 0.15) is 5.76 Å². The number of allylic oxidation sites excluding steroid dienone is 1. The second-order valence-electron chi connectivity index (χ2n) is 8.09. The van der Waals surface area contributed by atoms with E-state index in [-0.39, 0.29) is 18.0 Å². The molecule has 0 saturated carbocycles. The number of carbonyl (C=O) groups is 1. The Balaban J connectivity index is 1.72. The molecule has 0 aliphatic heterocycles. The minimum Gasteiger partial charge on any atom is -0.493 e. The molecule has 0 fully saturated rings. The molecule has 1 aliphatic carbocycles. The Kier molecular flexibility index (Phi) is 6.77. The van der Waals surface area contributed by atoms with Crippen LogP contribution in [0, 0.1) is 0 Å². The number of rotatable bonds is 8. The minimum absolute atomic E-state index is 0.0476. The van der Waals surface area contributed by atoms with Crippen LogP contribution in [0.1, 0.15) is 62.7 Å². The molecule has 2 N–H and O–H groups in total. The van der Waals surface area contributed by atoms with Gasteiger partial charge in [-0.2, -0.15) is 0 Å². The first-order valence-electron chi connectivity index (χ1n) is 10.5. The number of amides is 1. The quantitative estimate of drug-likeness (QED) is 0.626. The molecule has 3 rings (SSSR count). The molecular weight excluding hydrogens is 398 g/mol. The van der Waals surface area contributed by atoms with Crippen LogP contribution in [0.25, 0.3) is 6.08 Å². The van der Waals surface area contributed by atoms with Crippen LogP contribution < -0.4 is 15.2 Å². The van der Waals surface area contributed by atoms with Gasteiger partial charge in [0.15, 0.2) is 23.1 Å². The molecule has 31 heavy (non-hydrogen) atoms. The lowest BCUT2D eigenvalue weighted by atomic mass is 10.0. The van der Waals surface area contributed by atoms with Gasteiger partial charge in [0.05, 0.1) is 7.11 Å². The number of anilines is 1. The summed E-state index contributed by atoms with van der Waals surface area (Å²) in [4.78, 5) is 14.8. The van der Waals surface area contributed by atoms with Gasteiger partial charge in [-0.3, -0.25) is 4.79 Å². The molecule has 1 aromatic carbocycles. The number of hydrogen-bond acceptors (Lipinski definition) is 7. The summed E-state index contributed by atoms with van der Waals surface area (Å²) in [7, 11) is 1.55. The van der Waals surface area contributed by atoms with Crippen LogP contribution >= 0.6 is 0 Å². The number of carbonyl (C=O) groups excluding carboxylic acids is 1. The fourth-order valence-electron chi connectivity index (χ4n) is 3.79. The third kappa shape index (κ3) is 4.95. The van der Waals surface area contributed by atoms with E-state index in [2.05, 4.69) is 5.16 Å². The lowest BCUT2D eigenvalue weighted by Gasteiger charge is -2.31. The first-order valence-corrected chi connectivity index (χ1v) is 10.5. The molecule has 1 unspecified atom stereocenters. The van der Waals surface area contributed by atoms with Crippen molar-refractivity contribution in [3.63, 3.8) is 0 Å². The van der Waals surface area contributed by atoms with Crippen LogP contribution in [0.5, 0.6) is 11.5 Å². The molecule has 0 radical (unpaired) electrons. The third-order valence-electron chi connectivity index (χ3n) is 5.13. The van der Waals surface area contributed by atoms with Gasteiger partial charge in [-0.1, -0.05) is 5.16 Å². The third-order valence-corrected chi connectivity index (χ3v) is 5.13. The lowest BCUT2D eigenvalue weighted by molar-refractivity contribution is -0.0324. The molecule has 1 amide bonds. The topological polar surface area (TPSA) is 100 Å². The first-order chi connectivity index (χ1) is 14.7. The molecule has 8 nitrogen and oxygen atoms in total. The normalized spacial score (nSPS) is 14.1. The van der Waals surface area contributed by atoms with E-state index < -0.39 is 6.29 Å². The summed E-state index contributed by atoms with van der Waals surface area (Å²) in [6.07, 6.45) is 2.59. The second-order valence-corrected chi connectivity index (χ2v) is 8.09. The predicted molar refractivity (Wildman–Crippen MR) is 118 cm³/mol. The van der Waals surface area contributed by atoms with Crippen LogP contribution in [-0.4, -0.2) is 41.4 Å². The molecule has 0 bridgehead atoms. The Labute approximate surface area is 182 Å². The van der Waals surface area contributed by atoms with Crippen molar-refractivity contribution in [3.05, 3.63) is 40.8 Å². The number of ether oxygens (including phenoxy) is 3. The van der Waals surface area contributed by atoms with Gasteiger partial charge in [0.25, 0.3) is 5.91 Å². The maximum Gasteiger partial charge on any atom is 0.254 e. The average Bonchev–Trinajstić information content (AvgIpc) is 3.07. The van der Waals surface area contributed by atoms with Crippen molar-refractivity contribution in [2.75, 3.05) is 12.8 Å². The largest absolute Gasteiger partial charge is 0.493 e. The first kappa shape index (κ1) is 22.5. The highest BCUT2D eigenvalue weighted by atomic mass is 16.7. The second kappa shape index (κ2) is 9.32. The summed E-state index contributed by atoms with van der Waals surface area (Å²) in [6, 6.07) is 5.35. The molecule has 0 spiro atoms. The molecule has 8 heteroatoms. The molecule has 2 aromatic rings. The number of hydrogen-bond donors (Lipinski definition) is 1. The Morgan fingerprint density at radius 3 is 2.45 bits per heavy atom. The zero-order valence-electron chi connectivity index (χ0n) is 19.0. The van der Waals surface area contributed by atoms with Crippen molar-refractivity contribution in [2.45, 2.75) is 65.8 Å². The maximum atomic E-state index is 13.0. The van der Waals surface area contributed by atoms with E-state index in [0.29, 0.717) is 41.5 Å². The molecule has 1 aliphatic rings. The van der Waals surface area contributed by atoms with Gasteiger partial charge in [-0.25, -0.2) is 0 Å². The number of nitrogen functional groups attached to an aromatic ring is 1. The predicted octanol–water partition coefficient (Wildman–Crippen LogP) is 4.25. The Bertz CT molecular complexity index is 956. The number of methoxy groups -OCH3 is 1. The van der Waals surface area contributed by atoms with E-state index >= 15 is 0 Å². The van der Waals surface area contributed by atoms with Crippen LogP contribution in [-0.2, 0) is 11.2 Å². The van der Waals surface area contributed by atoms with Gasteiger partial charge in [-0.05, 0) is 52.3 Å². The zero-order valence-corrected chi connectivity index (χ0v) is 19.0. The lowest BCUT2D eigenvalue weighted by Crippen LogP contribution is -2.42. The van der Waals surface area contributed by atoms with Crippen molar-refractivity contribution in [3.8, 4) is 11.5 Å². The van der Waals surface area contributed by atoms with Crippen molar-refractivity contribution in [2.24, 2.45) is 0 Å². The van der Waals surface area contributed by atoms with Crippen molar-refractivity contribution in [1.82, 2.24) is 10.1 Å². The van der Waals surface area contributed by atoms with Crippen LogP contribution in [0.15, 0.2) is 28.5 Å². The number of nitrogens with two attached hydrogens (primary N) is 1. The van der Waals surface area contributed by atoms with Gasteiger partial charge in [0, 0.05) is 42.6 Å². The van der Waals surface area contributed by atoms with E-state index in [9.17, 15) is 4.79 Å². The summed E-state index contributed by atoms with van der Waals surface area (Å²) in [5.41, 5.74) is 7.24. The molecule has 1 atom stereocenters. The van der Waals surface area contributed by atoms with Gasteiger partial charge in [0.2, 0.25) is 6.29 Å². The van der Waals surface area contributed by atoms with Crippen molar-refractivity contribution < 1.29 is 23.5 Å². The average molecular weight is 430 g/mol. The van der Waals surface area contributed by atoms with Crippen LogP contribution in [0.3, 0.4) is 0 Å². The SMILES string of the molecule is COc1cc(C(=O)N(C(C)C)C(C)C)ccc1OC(C)OC1=Cc2onc(N)c2CC1. The minimum atomic E-state index is -0.577. The summed E-state index contributed by atoms with van der Waals surface area (Å²) >= 11 is 0. The summed E-state index contributed by atoms with van der Waals surface area (Å²) < 4.78 is 22.5. The van der Waals surface area contributed by atoms with Gasteiger partial charge >= 0.3 is 0 Å². The zero-order chi connectivity index (χ0) is 22.7. The van der Waals surface area contributed by atoms with Gasteiger partial charge in [-0.15, -0.1) is 0 Å². The Morgan fingerprint density at radius 2 is 1.81 bits per heavy atom. The van der Waals surface area contributed by atoms with E-state index in [1.165, 1.54) is 0 Å². The fourth-order valence-corrected chi connectivity index (χ4v) is 3.79. The fraction of sp³-hybridized carbons (Fsp3) is 0.478. The molecule has 0 saturated heterocycles. The van der Waals surface area contributed by atoms with Gasteiger partial charge < -0.3 is 29.4 Å². The standard InChI is InChI=1S/C23H31N3O5/c1-13(2)26(14(3)4)23(27)16-7-10-19(21(11-16)28-6)30-15(5)29-17-8-9-18-20(12-17)31-25-22(18)24/h7,10-15H,8-9H2,1-6H3,(H2,24,25). The monoisotopic (exact) mass is 429 g/mol. The molecule has 1 heterocycles. The van der Waals surface area contributed by atoms with E-state index in [4.69, 9.17) is 24.5 Å². The molecular formula is C23H31N3O5. The maximum absolute atomic E-state index is 13.0. The Hall–Kier alpha value is -3.16. The number of aromatic nitrogens is 1. The summed E-state index contributed by atoms with van der Waals surface area (Å²) in [6.45, 7) is 9.80. The number of benzene rings is 1. The van der Waals surface area contributed by atoms with Crippen molar-refractivity contribution in [1.29, 1.82) is 0 Å². The molecule has 1 aromatic heterocycles. The van der Waals surface area contributed by atoms with E-state index in [1.807, 2.05) is 32.6 Å². The number of fused-ring (bicyclic) bond motifs is 1. The Morgan fingerprint density at radius 1 is 1.10 bits per heavy atom. The summed E-state index contributed by atoms with van der Waals surface area (Å²) in [5, 5.41) is 3.78. The number of nitrogens with zero attached hydrogens (tertiary/aromatic N) is 2. The molecule has 168 valence electrons. The smallest absolute Gasteiger partial charge is 0.254 e. The van der Waals surface area contributed by atoms with E-state index in [1.54, 1.807) is 38.3 Å². The van der Waals surface area contributed by atoms with Crippen LogP contribution in [0.4, 0.5) is 5.82 Å².